The Morgan fingerprint density at radius 3 is 2.57 bits per heavy atom. The Labute approximate surface area is 142 Å². The van der Waals surface area contributed by atoms with Crippen LogP contribution in [0.1, 0.15) is 36.0 Å². The van der Waals surface area contributed by atoms with Gasteiger partial charge in [0.05, 0.1) is 17.5 Å². The fourth-order valence-electron chi connectivity index (χ4n) is 2.71. The van der Waals surface area contributed by atoms with E-state index in [9.17, 15) is 4.79 Å². The summed E-state index contributed by atoms with van der Waals surface area (Å²) in [5.41, 5.74) is 7.58. The van der Waals surface area contributed by atoms with Gasteiger partial charge in [0.2, 0.25) is 0 Å². The molecule has 0 saturated heterocycles. The van der Waals surface area contributed by atoms with Crippen molar-refractivity contribution in [2.24, 2.45) is 0 Å². The number of para-hydroxylation sites is 2. The van der Waals surface area contributed by atoms with E-state index in [0.717, 1.165) is 18.6 Å². The van der Waals surface area contributed by atoms with Gasteiger partial charge in [0.15, 0.2) is 0 Å². The van der Waals surface area contributed by atoms with E-state index in [1.54, 1.807) is 24.3 Å². The number of anilines is 2. The van der Waals surface area contributed by atoms with Crippen molar-refractivity contribution in [2.45, 2.75) is 31.8 Å². The highest BCUT2D eigenvalue weighted by atomic mass is 35.5. The fourth-order valence-corrected chi connectivity index (χ4v) is 2.71. The second-order valence-corrected chi connectivity index (χ2v) is 5.59. The second kappa shape index (κ2) is 7.88. The first-order chi connectivity index (χ1) is 10.7. The lowest BCUT2D eigenvalue weighted by atomic mass is 10.2. The molecule has 1 fully saturated rings. The van der Waals surface area contributed by atoms with Crippen molar-refractivity contribution in [2.75, 3.05) is 11.1 Å². The molecule has 2 aromatic carbocycles. The van der Waals surface area contributed by atoms with Crippen LogP contribution >= 0.6 is 12.4 Å². The van der Waals surface area contributed by atoms with E-state index < -0.39 is 0 Å². The van der Waals surface area contributed by atoms with Gasteiger partial charge in [0.1, 0.15) is 5.75 Å². The van der Waals surface area contributed by atoms with Gasteiger partial charge in [-0.1, -0.05) is 18.2 Å². The molecule has 0 bridgehead atoms. The molecule has 1 aliphatic carbocycles. The van der Waals surface area contributed by atoms with Gasteiger partial charge in [-0.25, -0.2) is 0 Å². The van der Waals surface area contributed by atoms with Crippen LogP contribution in [0.3, 0.4) is 0 Å². The molecule has 0 unspecified atom stereocenters. The zero-order valence-electron chi connectivity index (χ0n) is 12.8. The average molecular weight is 333 g/mol. The second-order valence-electron chi connectivity index (χ2n) is 5.59. The number of amides is 1. The number of rotatable bonds is 4. The molecule has 4 nitrogen and oxygen atoms in total. The van der Waals surface area contributed by atoms with Gasteiger partial charge in [-0.05, 0) is 56.0 Å². The minimum absolute atomic E-state index is 0. The molecule has 5 heteroatoms. The van der Waals surface area contributed by atoms with Crippen molar-refractivity contribution in [3.8, 4) is 5.75 Å². The lowest BCUT2D eigenvalue weighted by Gasteiger charge is -2.14. The van der Waals surface area contributed by atoms with Crippen molar-refractivity contribution in [1.82, 2.24) is 0 Å². The van der Waals surface area contributed by atoms with Gasteiger partial charge in [0.25, 0.3) is 5.91 Å². The molecule has 0 aromatic heterocycles. The number of halogens is 1. The van der Waals surface area contributed by atoms with Gasteiger partial charge in [-0.2, -0.15) is 0 Å². The minimum atomic E-state index is -0.185. The normalized spacial score (nSPS) is 14.1. The van der Waals surface area contributed by atoms with E-state index in [-0.39, 0.29) is 24.4 Å². The van der Waals surface area contributed by atoms with E-state index in [2.05, 4.69) is 5.32 Å². The molecular weight excluding hydrogens is 312 g/mol. The van der Waals surface area contributed by atoms with E-state index in [1.807, 2.05) is 24.3 Å². The Balaban J connectivity index is 0.00000192. The van der Waals surface area contributed by atoms with E-state index in [1.165, 1.54) is 12.8 Å². The monoisotopic (exact) mass is 332 g/mol. The maximum Gasteiger partial charge on any atom is 0.255 e. The van der Waals surface area contributed by atoms with E-state index in [4.69, 9.17) is 10.5 Å². The fraction of sp³-hybridized carbons (Fsp3) is 0.278. The lowest BCUT2D eigenvalue weighted by Crippen LogP contribution is -2.14. The summed E-state index contributed by atoms with van der Waals surface area (Å²) in [5.74, 6) is 0.565. The van der Waals surface area contributed by atoms with E-state index >= 15 is 0 Å². The third kappa shape index (κ3) is 4.39. The Morgan fingerprint density at radius 2 is 1.83 bits per heavy atom. The van der Waals surface area contributed by atoms with Gasteiger partial charge < -0.3 is 15.8 Å². The number of carbonyl (C=O) groups excluding carboxylic acids is 1. The van der Waals surface area contributed by atoms with Crippen molar-refractivity contribution in [3.63, 3.8) is 0 Å². The summed E-state index contributed by atoms with van der Waals surface area (Å²) in [4.78, 5) is 12.3. The van der Waals surface area contributed by atoms with Crippen LogP contribution < -0.4 is 15.8 Å². The van der Waals surface area contributed by atoms with Crippen molar-refractivity contribution in [3.05, 3.63) is 54.1 Å². The maximum atomic E-state index is 12.3. The van der Waals surface area contributed by atoms with Crippen LogP contribution in [0.15, 0.2) is 48.5 Å². The summed E-state index contributed by atoms with van der Waals surface area (Å²) in [6, 6.07) is 14.5. The Morgan fingerprint density at radius 1 is 1.09 bits per heavy atom. The molecule has 1 saturated carbocycles. The Kier molecular flexibility index (Phi) is 5.88. The first kappa shape index (κ1) is 17.2. The number of benzene rings is 2. The zero-order valence-corrected chi connectivity index (χ0v) is 13.6. The molecule has 3 N–H and O–H groups in total. The molecule has 0 spiro atoms. The first-order valence-corrected chi connectivity index (χ1v) is 7.65. The van der Waals surface area contributed by atoms with Crippen LogP contribution in [0.5, 0.6) is 5.75 Å². The average Bonchev–Trinajstić information content (AvgIpc) is 3.03. The number of nitrogen functional groups attached to an aromatic ring is 1. The number of ether oxygens (including phenoxy) is 1. The van der Waals surface area contributed by atoms with Crippen LogP contribution in [-0.4, -0.2) is 12.0 Å². The van der Waals surface area contributed by atoms with Crippen LogP contribution in [0.2, 0.25) is 0 Å². The van der Waals surface area contributed by atoms with Crippen molar-refractivity contribution in [1.29, 1.82) is 0 Å². The minimum Gasteiger partial charge on any atom is -0.490 e. The third-order valence-electron chi connectivity index (χ3n) is 3.91. The summed E-state index contributed by atoms with van der Waals surface area (Å²) in [6.45, 7) is 0. The predicted molar refractivity (Wildman–Crippen MR) is 95.4 cm³/mol. The van der Waals surface area contributed by atoms with Crippen molar-refractivity contribution >= 4 is 29.7 Å². The molecule has 0 radical (unpaired) electrons. The maximum absolute atomic E-state index is 12.3. The number of hydrogen-bond donors (Lipinski definition) is 2. The molecule has 0 atom stereocenters. The summed E-state index contributed by atoms with van der Waals surface area (Å²) >= 11 is 0. The molecule has 0 aliphatic heterocycles. The van der Waals surface area contributed by atoms with E-state index in [0.29, 0.717) is 16.9 Å². The highest BCUT2D eigenvalue weighted by Gasteiger charge is 2.17. The van der Waals surface area contributed by atoms with Crippen molar-refractivity contribution < 1.29 is 9.53 Å². The molecule has 23 heavy (non-hydrogen) atoms. The molecule has 3 rings (SSSR count). The Bertz CT molecular complexity index is 670. The highest BCUT2D eigenvalue weighted by molar-refractivity contribution is 6.05. The first-order valence-electron chi connectivity index (χ1n) is 7.65. The number of nitrogens with two attached hydrogens (primary N) is 1. The topological polar surface area (TPSA) is 64.3 Å². The molecule has 1 aliphatic rings. The SMILES string of the molecule is Cl.Nc1ccccc1NC(=O)c1cccc(OC2CCCC2)c1. The summed E-state index contributed by atoms with van der Waals surface area (Å²) in [5, 5.41) is 2.83. The van der Waals surface area contributed by atoms with Crippen LogP contribution in [0.4, 0.5) is 11.4 Å². The summed E-state index contributed by atoms with van der Waals surface area (Å²) < 4.78 is 5.94. The molecule has 2 aromatic rings. The molecular formula is C18H21ClN2O2. The van der Waals surface area contributed by atoms with Crippen LogP contribution in [0, 0.1) is 0 Å². The standard InChI is InChI=1S/C18H20N2O2.ClH/c19-16-10-3-4-11-17(16)20-18(21)13-6-5-9-15(12-13)22-14-7-1-2-8-14;/h3-6,9-12,14H,1-2,7-8,19H2,(H,20,21);1H. The van der Waals surface area contributed by atoms with Gasteiger partial charge in [-0.15, -0.1) is 12.4 Å². The molecule has 122 valence electrons. The predicted octanol–water partition coefficient (Wildman–Crippen LogP) is 4.26. The zero-order chi connectivity index (χ0) is 15.4. The number of nitrogens with one attached hydrogen (secondary N) is 1. The quantitative estimate of drug-likeness (QED) is 0.822. The largest absolute Gasteiger partial charge is 0.490 e. The molecule has 0 heterocycles. The summed E-state index contributed by atoms with van der Waals surface area (Å²) in [7, 11) is 0. The van der Waals surface area contributed by atoms with Gasteiger partial charge >= 0.3 is 0 Å². The molecule has 1 amide bonds. The smallest absolute Gasteiger partial charge is 0.255 e. The summed E-state index contributed by atoms with van der Waals surface area (Å²) in [6.07, 6.45) is 4.91. The lowest BCUT2D eigenvalue weighted by molar-refractivity contribution is 0.102. The number of hydrogen-bond acceptors (Lipinski definition) is 3. The van der Waals surface area contributed by atoms with Gasteiger partial charge in [-0.3, -0.25) is 4.79 Å². The third-order valence-corrected chi connectivity index (χ3v) is 3.91. The van der Waals surface area contributed by atoms with Gasteiger partial charge in [0, 0.05) is 5.56 Å². The highest BCUT2D eigenvalue weighted by Crippen LogP contribution is 2.25. The van der Waals surface area contributed by atoms with Crippen LogP contribution in [-0.2, 0) is 0 Å². The number of carbonyl (C=O) groups is 1. The van der Waals surface area contributed by atoms with Crippen LogP contribution in [0.25, 0.3) is 0 Å². The Hall–Kier alpha value is -2.20.